The first-order valence-corrected chi connectivity index (χ1v) is 8.83. The molecule has 8 heteroatoms. The van der Waals surface area contributed by atoms with Gasteiger partial charge in [-0.2, -0.15) is 0 Å². The Kier molecular flexibility index (Phi) is 5.41. The molecule has 0 heterocycles. The number of nitro groups is 1. The molecule has 0 spiro atoms. The first-order chi connectivity index (χ1) is 10.8. The molecule has 0 unspecified atom stereocenters. The van der Waals surface area contributed by atoms with Crippen molar-refractivity contribution in [2.45, 2.75) is 5.75 Å². The number of non-ortho nitro benzene ring substituents is 1. The number of rotatable bonds is 5. The topological polar surface area (TPSA) is 77.3 Å². The fourth-order valence-corrected chi connectivity index (χ4v) is 3.53. The van der Waals surface area contributed by atoms with Crippen LogP contribution in [-0.2, 0) is 15.6 Å². The van der Waals surface area contributed by atoms with Gasteiger partial charge in [-0.05, 0) is 29.3 Å². The molecule has 23 heavy (non-hydrogen) atoms. The van der Waals surface area contributed by atoms with E-state index in [9.17, 15) is 18.5 Å². The van der Waals surface area contributed by atoms with Crippen LogP contribution in [-0.4, -0.2) is 13.3 Å². The minimum atomic E-state index is -3.58. The maximum atomic E-state index is 12.1. The van der Waals surface area contributed by atoms with E-state index in [1.165, 1.54) is 30.3 Å². The summed E-state index contributed by atoms with van der Waals surface area (Å²) in [5, 5.41) is 12.4. The predicted octanol–water partition coefficient (Wildman–Crippen LogP) is 4.49. The summed E-state index contributed by atoms with van der Waals surface area (Å²) in [6.45, 7) is 0. The van der Waals surface area contributed by atoms with E-state index >= 15 is 0 Å². The molecule has 0 radical (unpaired) electrons. The minimum Gasteiger partial charge on any atom is -0.258 e. The van der Waals surface area contributed by atoms with E-state index in [1.54, 1.807) is 18.2 Å². The molecular formula is C15H11Cl2NO4S. The summed E-state index contributed by atoms with van der Waals surface area (Å²) in [7, 11) is -3.58. The summed E-state index contributed by atoms with van der Waals surface area (Å²) >= 11 is 11.7. The predicted molar refractivity (Wildman–Crippen MR) is 91.2 cm³/mol. The van der Waals surface area contributed by atoms with Crippen molar-refractivity contribution >= 4 is 44.8 Å². The molecule has 0 saturated heterocycles. The van der Waals surface area contributed by atoms with Gasteiger partial charge in [0.15, 0.2) is 9.84 Å². The van der Waals surface area contributed by atoms with Crippen molar-refractivity contribution in [3.63, 3.8) is 0 Å². The summed E-state index contributed by atoms with van der Waals surface area (Å²) in [5.74, 6) is -0.283. The fourth-order valence-electron chi connectivity index (χ4n) is 1.83. The van der Waals surface area contributed by atoms with E-state index in [4.69, 9.17) is 23.2 Å². The van der Waals surface area contributed by atoms with Crippen molar-refractivity contribution in [2.75, 3.05) is 0 Å². The first kappa shape index (κ1) is 17.5. The van der Waals surface area contributed by atoms with E-state index in [-0.39, 0.29) is 16.5 Å². The van der Waals surface area contributed by atoms with Crippen molar-refractivity contribution < 1.29 is 13.3 Å². The second-order valence-electron chi connectivity index (χ2n) is 4.70. The van der Waals surface area contributed by atoms with Gasteiger partial charge in [-0.25, -0.2) is 8.42 Å². The lowest BCUT2D eigenvalue weighted by Crippen LogP contribution is -2.00. The molecule has 0 saturated carbocycles. The first-order valence-electron chi connectivity index (χ1n) is 6.36. The molecular weight excluding hydrogens is 361 g/mol. The van der Waals surface area contributed by atoms with Crippen LogP contribution in [0.15, 0.2) is 47.9 Å². The molecule has 0 fully saturated rings. The van der Waals surface area contributed by atoms with Gasteiger partial charge >= 0.3 is 0 Å². The maximum Gasteiger partial charge on any atom is 0.270 e. The Bertz CT molecular complexity index is 879. The van der Waals surface area contributed by atoms with Crippen LogP contribution in [0.25, 0.3) is 6.08 Å². The van der Waals surface area contributed by atoms with Crippen LogP contribution in [0, 0.1) is 10.1 Å². The Balaban J connectivity index is 2.20. The van der Waals surface area contributed by atoms with Crippen LogP contribution in [0.4, 0.5) is 5.69 Å². The van der Waals surface area contributed by atoms with Crippen molar-refractivity contribution in [3.8, 4) is 0 Å². The third kappa shape index (κ3) is 5.06. The molecule has 2 rings (SSSR count). The van der Waals surface area contributed by atoms with Crippen molar-refractivity contribution in [2.24, 2.45) is 0 Å². The quantitative estimate of drug-likeness (QED) is 0.572. The Morgan fingerprint density at radius 1 is 1.13 bits per heavy atom. The zero-order valence-corrected chi connectivity index (χ0v) is 14.0. The summed E-state index contributed by atoms with van der Waals surface area (Å²) in [5.41, 5.74) is 0.745. The molecule has 0 amide bonds. The molecule has 0 atom stereocenters. The fraction of sp³-hybridized carbons (Fsp3) is 0.0667. The van der Waals surface area contributed by atoms with Gasteiger partial charge in [0.2, 0.25) is 0 Å². The van der Waals surface area contributed by atoms with Crippen LogP contribution in [0.1, 0.15) is 11.1 Å². The van der Waals surface area contributed by atoms with Gasteiger partial charge in [-0.1, -0.05) is 41.4 Å². The number of halogens is 2. The van der Waals surface area contributed by atoms with Gasteiger partial charge in [0.05, 0.1) is 10.7 Å². The van der Waals surface area contributed by atoms with Crippen LogP contribution >= 0.6 is 23.2 Å². The highest BCUT2D eigenvalue weighted by molar-refractivity contribution is 7.93. The van der Waals surface area contributed by atoms with E-state index in [2.05, 4.69) is 0 Å². The lowest BCUT2D eigenvalue weighted by molar-refractivity contribution is -0.384. The van der Waals surface area contributed by atoms with Crippen LogP contribution in [0.2, 0.25) is 10.0 Å². The Labute approximate surface area is 143 Å². The lowest BCUT2D eigenvalue weighted by atomic mass is 10.2. The molecule has 2 aromatic rings. The monoisotopic (exact) mass is 371 g/mol. The summed E-state index contributed by atoms with van der Waals surface area (Å²) in [6, 6.07) is 10.3. The zero-order valence-electron chi connectivity index (χ0n) is 11.6. The Morgan fingerprint density at radius 2 is 1.87 bits per heavy atom. The van der Waals surface area contributed by atoms with Crippen LogP contribution in [0.3, 0.4) is 0 Å². The SMILES string of the molecule is O=[N+]([O-])c1cccc(/C=C/S(=O)(=O)Cc2ccc(Cl)cc2Cl)c1. The third-order valence-electron chi connectivity index (χ3n) is 2.92. The van der Waals surface area contributed by atoms with Gasteiger partial charge < -0.3 is 0 Å². The van der Waals surface area contributed by atoms with Crippen LogP contribution < -0.4 is 0 Å². The average molecular weight is 372 g/mol. The number of nitrogens with zero attached hydrogens (tertiary/aromatic N) is 1. The normalized spacial score (nSPS) is 11.7. The highest BCUT2D eigenvalue weighted by Crippen LogP contribution is 2.23. The molecule has 0 bridgehead atoms. The van der Waals surface area contributed by atoms with Crippen molar-refractivity contribution in [1.29, 1.82) is 0 Å². The number of hydrogen-bond acceptors (Lipinski definition) is 4. The van der Waals surface area contributed by atoms with Gasteiger partial charge in [0.25, 0.3) is 5.69 Å². The lowest BCUT2D eigenvalue weighted by Gasteiger charge is -2.03. The number of sulfone groups is 1. The van der Waals surface area contributed by atoms with E-state index < -0.39 is 14.8 Å². The minimum absolute atomic E-state index is 0.106. The van der Waals surface area contributed by atoms with Gasteiger partial charge in [0.1, 0.15) is 0 Å². The average Bonchev–Trinajstić information content (AvgIpc) is 2.48. The molecule has 5 nitrogen and oxygen atoms in total. The molecule has 0 N–H and O–H groups in total. The zero-order chi connectivity index (χ0) is 17.0. The van der Waals surface area contributed by atoms with Gasteiger partial charge in [-0.3, -0.25) is 10.1 Å². The molecule has 0 aromatic heterocycles. The molecule has 0 aliphatic rings. The van der Waals surface area contributed by atoms with Crippen LogP contribution in [0.5, 0.6) is 0 Å². The second-order valence-corrected chi connectivity index (χ2v) is 7.43. The highest BCUT2D eigenvalue weighted by Gasteiger charge is 2.12. The summed E-state index contributed by atoms with van der Waals surface area (Å²) < 4.78 is 24.2. The van der Waals surface area contributed by atoms with Gasteiger partial charge in [0, 0.05) is 27.6 Å². The number of nitro benzene ring substituents is 1. The van der Waals surface area contributed by atoms with E-state index in [0.29, 0.717) is 16.1 Å². The largest absolute Gasteiger partial charge is 0.270 e. The molecule has 0 aliphatic carbocycles. The second kappa shape index (κ2) is 7.12. The Hall–Kier alpha value is -1.89. The summed E-state index contributed by atoms with van der Waals surface area (Å²) in [4.78, 5) is 10.2. The summed E-state index contributed by atoms with van der Waals surface area (Å²) in [6.07, 6.45) is 1.31. The van der Waals surface area contributed by atoms with E-state index in [0.717, 1.165) is 5.41 Å². The molecule has 120 valence electrons. The van der Waals surface area contributed by atoms with Crippen molar-refractivity contribution in [3.05, 3.63) is 79.2 Å². The maximum absolute atomic E-state index is 12.1. The van der Waals surface area contributed by atoms with E-state index in [1.807, 2.05) is 0 Å². The van der Waals surface area contributed by atoms with Gasteiger partial charge in [-0.15, -0.1) is 0 Å². The third-order valence-corrected chi connectivity index (χ3v) is 4.77. The molecule has 2 aromatic carbocycles. The number of benzene rings is 2. The Morgan fingerprint density at radius 3 is 2.52 bits per heavy atom. The number of hydrogen-bond donors (Lipinski definition) is 0. The molecule has 0 aliphatic heterocycles. The highest BCUT2D eigenvalue weighted by atomic mass is 35.5. The standard InChI is InChI=1S/C15H11Cl2NO4S/c16-13-5-4-12(15(17)9-13)10-23(21,22)7-6-11-2-1-3-14(8-11)18(19)20/h1-9H,10H2/b7-6+. The smallest absolute Gasteiger partial charge is 0.258 e. The van der Waals surface area contributed by atoms with Crippen molar-refractivity contribution in [1.82, 2.24) is 0 Å².